The van der Waals surface area contributed by atoms with E-state index in [4.69, 9.17) is 4.74 Å². The molecule has 178 valence electrons. The lowest BCUT2D eigenvalue weighted by Crippen LogP contribution is -2.34. The summed E-state index contributed by atoms with van der Waals surface area (Å²) in [7, 11) is 0. The third kappa shape index (κ3) is 5.53. The van der Waals surface area contributed by atoms with Gasteiger partial charge in [-0.3, -0.25) is 14.4 Å². The molecule has 0 saturated heterocycles. The number of nitrogens with zero attached hydrogens (tertiary/aromatic N) is 2. The fraction of sp³-hybridized carbons (Fsp3) is 0.407. The summed E-state index contributed by atoms with van der Waals surface area (Å²) in [6.07, 6.45) is 4.92. The van der Waals surface area contributed by atoms with Crippen LogP contribution in [0.25, 0.3) is 11.0 Å². The normalized spacial score (nSPS) is 15.0. The van der Waals surface area contributed by atoms with Crippen molar-refractivity contribution in [2.24, 2.45) is 0 Å². The van der Waals surface area contributed by atoms with Crippen molar-refractivity contribution in [1.29, 1.82) is 0 Å². The van der Waals surface area contributed by atoms with Crippen molar-refractivity contribution in [3.8, 4) is 0 Å². The van der Waals surface area contributed by atoms with Crippen LogP contribution in [0, 0.1) is 0 Å². The molecule has 2 aromatic carbocycles. The summed E-state index contributed by atoms with van der Waals surface area (Å²) < 4.78 is 6.93. The highest BCUT2D eigenvalue weighted by Gasteiger charge is 2.22. The van der Waals surface area contributed by atoms with Crippen molar-refractivity contribution >= 4 is 22.9 Å². The Morgan fingerprint density at radius 3 is 2.79 bits per heavy atom. The SMILES string of the molecule is CCCCn1c(=O)c(CCC(=O)OCC(=O)NC2CCCc3ccccc32)nc2ccccc21. The number of para-hydroxylation sites is 2. The van der Waals surface area contributed by atoms with E-state index in [-0.39, 0.29) is 37.0 Å². The third-order valence-electron chi connectivity index (χ3n) is 6.29. The van der Waals surface area contributed by atoms with Crippen LogP contribution in [0.5, 0.6) is 0 Å². The maximum Gasteiger partial charge on any atom is 0.306 e. The highest BCUT2D eigenvalue weighted by atomic mass is 16.5. The number of fused-ring (bicyclic) bond motifs is 2. The van der Waals surface area contributed by atoms with E-state index in [0.29, 0.717) is 12.2 Å². The second-order valence-electron chi connectivity index (χ2n) is 8.73. The van der Waals surface area contributed by atoms with Crippen LogP contribution < -0.4 is 10.9 Å². The van der Waals surface area contributed by atoms with Crippen LogP contribution in [0.15, 0.2) is 53.3 Å². The molecule has 1 aliphatic rings. The first-order valence-corrected chi connectivity index (χ1v) is 12.1. The van der Waals surface area contributed by atoms with Crippen molar-refractivity contribution < 1.29 is 14.3 Å². The molecule has 1 amide bonds. The Morgan fingerprint density at radius 2 is 1.94 bits per heavy atom. The Kier molecular flexibility index (Phi) is 7.72. The zero-order valence-electron chi connectivity index (χ0n) is 19.6. The summed E-state index contributed by atoms with van der Waals surface area (Å²) in [6, 6.07) is 15.6. The van der Waals surface area contributed by atoms with E-state index < -0.39 is 5.97 Å². The summed E-state index contributed by atoms with van der Waals surface area (Å²) in [4.78, 5) is 42.2. The molecule has 0 saturated carbocycles. The van der Waals surface area contributed by atoms with Gasteiger partial charge in [-0.15, -0.1) is 0 Å². The number of unbranched alkanes of at least 4 members (excludes halogenated alkanes) is 1. The first-order chi connectivity index (χ1) is 16.6. The van der Waals surface area contributed by atoms with Gasteiger partial charge < -0.3 is 14.6 Å². The fourth-order valence-corrected chi connectivity index (χ4v) is 4.52. The molecule has 1 heterocycles. The molecular formula is C27H31N3O4. The molecule has 0 bridgehead atoms. The molecule has 1 unspecified atom stereocenters. The quantitative estimate of drug-likeness (QED) is 0.489. The number of nitrogens with one attached hydrogen (secondary N) is 1. The molecule has 1 aromatic heterocycles. The number of aromatic nitrogens is 2. The molecule has 1 atom stereocenters. The number of carbonyl (C=O) groups excluding carboxylic acids is 2. The van der Waals surface area contributed by atoms with Crippen molar-refractivity contribution in [2.45, 2.75) is 64.5 Å². The van der Waals surface area contributed by atoms with Gasteiger partial charge in [-0.05, 0) is 48.9 Å². The van der Waals surface area contributed by atoms with Crippen molar-refractivity contribution in [2.75, 3.05) is 6.61 Å². The summed E-state index contributed by atoms with van der Waals surface area (Å²) in [5, 5.41) is 2.98. The predicted octanol–water partition coefficient (Wildman–Crippen LogP) is 3.87. The summed E-state index contributed by atoms with van der Waals surface area (Å²) in [5.41, 5.74) is 4.09. The van der Waals surface area contributed by atoms with E-state index in [0.717, 1.165) is 48.7 Å². The van der Waals surface area contributed by atoms with Crippen LogP contribution >= 0.6 is 0 Å². The minimum atomic E-state index is -0.520. The van der Waals surface area contributed by atoms with Crippen LogP contribution in [0.4, 0.5) is 0 Å². The molecule has 4 rings (SSSR count). The van der Waals surface area contributed by atoms with Gasteiger partial charge in [0, 0.05) is 13.0 Å². The molecule has 7 nitrogen and oxygen atoms in total. The molecule has 0 aliphatic heterocycles. The monoisotopic (exact) mass is 461 g/mol. The molecule has 1 aliphatic carbocycles. The number of carbonyl (C=O) groups is 2. The van der Waals surface area contributed by atoms with E-state index in [1.807, 2.05) is 42.5 Å². The number of esters is 1. The maximum absolute atomic E-state index is 13.0. The van der Waals surface area contributed by atoms with Gasteiger partial charge in [0.15, 0.2) is 6.61 Å². The number of hydrogen-bond acceptors (Lipinski definition) is 5. The topological polar surface area (TPSA) is 90.3 Å². The van der Waals surface area contributed by atoms with E-state index in [1.165, 1.54) is 5.56 Å². The van der Waals surface area contributed by atoms with Gasteiger partial charge in [-0.25, -0.2) is 4.98 Å². The summed E-state index contributed by atoms with van der Waals surface area (Å²) >= 11 is 0. The highest BCUT2D eigenvalue weighted by molar-refractivity contribution is 5.81. The Bertz CT molecular complexity index is 1230. The number of rotatable bonds is 9. The highest BCUT2D eigenvalue weighted by Crippen LogP contribution is 2.29. The van der Waals surface area contributed by atoms with Crippen molar-refractivity contribution in [3.63, 3.8) is 0 Å². The molecule has 34 heavy (non-hydrogen) atoms. The number of aryl methyl sites for hydroxylation is 3. The second kappa shape index (κ2) is 11.1. The van der Waals surface area contributed by atoms with E-state index in [9.17, 15) is 14.4 Å². The number of benzene rings is 2. The number of amides is 1. The molecule has 1 N–H and O–H groups in total. The lowest BCUT2D eigenvalue weighted by molar-refractivity contribution is -0.148. The lowest BCUT2D eigenvalue weighted by atomic mass is 9.88. The molecule has 0 spiro atoms. The van der Waals surface area contributed by atoms with Crippen molar-refractivity contribution in [3.05, 3.63) is 75.7 Å². The maximum atomic E-state index is 13.0. The average Bonchev–Trinajstić information content (AvgIpc) is 2.86. The number of hydrogen-bond donors (Lipinski definition) is 1. The first kappa shape index (κ1) is 23.7. The molecule has 0 radical (unpaired) electrons. The largest absolute Gasteiger partial charge is 0.456 e. The molecule has 3 aromatic rings. The summed E-state index contributed by atoms with van der Waals surface area (Å²) in [6.45, 7) is 2.36. The third-order valence-corrected chi connectivity index (χ3v) is 6.29. The zero-order chi connectivity index (χ0) is 23.9. The van der Waals surface area contributed by atoms with Gasteiger partial charge in [0.25, 0.3) is 11.5 Å². The predicted molar refractivity (Wildman–Crippen MR) is 130 cm³/mol. The van der Waals surface area contributed by atoms with E-state index >= 15 is 0 Å². The van der Waals surface area contributed by atoms with Crippen LogP contribution in [0.3, 0.4) is 0 Å². The minimum Gasteiger partial charge on any atom is -0.456 e. The Labute approximate surface area is 199 Å². The second-order valence-corrected chi connectivity index (χ2v) is 8.73. The average molecular weight is 462 g/mol. The first-order valence-electron chi connectivity index (χ1n) is 12.1. The van der Waals surface area contributed by atoms with Crippen LogP contribution in [-0.4, -0.2) is 28.0 Å². The minimum absolute atomic E-state index is 0.00605. The number of ether oxygens (including phenoxy) is 1. The van der Waals surface area contributed by atoms with Crippen LogP contribution in [0.1, 0.15) is 61.9 Å². The Morgan fingerprint density at radius 1 is 1.15 bits per heavy atom. The smallest absolute Gasteiger partial charge is 0.306 e. The Hall–Kier alpha value is -3.48. The standard InChI is InChI=1S/C27H31N3O4/c1-2-3-17-30-24-14-7-6-12-22(24)28-23(27(30)33)15-16-26(32)34-18-25(31)29-21-13-8-10-19-9-4-5-11-20(19)21/h4-7,9,11-12,14,21H,2-3,8,10,13,15-18H2,1H3,(H,29,31). The fourth-order valence-electron chi connectivity index (χ4n) is 4.52. The van der Waals surface area contributed by atoms with Crippen LogP contribution in [0.2, 0.25) is 0 Å². The molecule has 7 heteroatoms. The van der Waals surface area contributed by atoms with E-state index in [2.05, 4.69) is 23.3 Å². The molecule has 0 fully saturated rings. The van der Waals surface area contributed by atoms with Crippen LogP contribution in [-0.2, 0) is 33.7 Å². The van der Waals surface area contributed by atoms with E-state index in [1.54, 1.807) is 4.57 Å². The van der Waals surface area contributed by atoms with Crippen molar-refractivity contribution in [1.82, 2.24) is 14.9 Å². The molecular weight excluding hydrogens is 430 g/mol. The van der Waals surface area contributed by atoms with Gasteiger partial charge in [0.1, 0.15) is 5.69 Å². The lowest BCUT2D eigenvalue weighted by Gasteiger charge is -2.26. The van der Waals surface area contributed by atoms with Gasteiger partial charge >= 0.3 is 5.97 Å². The zero-order valence-corrected chi connectivity index (χ0v) is 19.6. The van der Waals surface area contributed by atoms with Gasteiger partial charge in [0.05, 0.1) is 23.5 Å². The van der Waals surface area contributed by atoms with Gasteiger partial charge in [0.2, 0.25) is 0 Å². The van der Waals surface area contributed by atoms with Gasteiger partial charge in [-0.2, -0.15) is 0 Å². The van der Waals surface area contributed by atoms with Gasteiger partial charge in [-0.1, -0.05) is 49.7 Å². The Balaban J connectivity index is 1.33. The summed E-state index contributed by atoms with van der Waals surface area (Å²) in [5.74, 6) is -0.838.